The van der Waals surface area contributed by atoms with Gasteiger partial charge < -0.3 is 5.32 Å². The van der Waals surface area contributed by atoms with Crippen molar-refractivity contribution in [3.63, 3.8) is 0 Å². The third-order valence-electron chi connectivity index (χ3n) is 4.23. The maximum absolute atomic E-state index is 13.0. The number of anilines is 1. The lowest BCUT2D eigenvalue weighted by Gasteiger charge is -2.25. The molecular formula is C17H22N4O3S. The summed E-state index contributed by atoms with van der Waals surface area (Å²) in [6.45, 7) is 3.28. The van der Waals surface area contributed by atoms with E-state index in [1.807, 2.05) is 13.0 Å². The lowest BCUT2D eigenvalue weighted by Crippen LogP contribution is -2.36. The van der Waals surface area contributed by atoms with Crippen LogP contribution in [0.1, 0.15) is 36.5 Å². The van der Waals surface area contributed by atoms with Gasteiger partial charge in [-0.15, -0.1) is 0 Å². The first-order chi connectivity index (χ1) is 12.0. The molecule has 1 aliphatic heterocycles. The number of nitrogens with zero attached hydrogens (tertiary/aromatic N) is 3. The van der Waals surface area contributed by atoms with Crippen LogP contribution in [0.3, 0.4) is 0 Å². The van der Waals surface area contributed by atoms with Crippen LogP contribution in [0.15, 0.2) is 41.6 Å². The van der Waals surface area contributed by atoms with Gasteiger partial charge in [-0.05, 0) is 31.9 Å². The SMILES string of the molecule is CCn1cc(C(=O)Nc2ccccc2)c(S(=O)(=O)N2CCCCC2)n1. The fourth-order valence-corrected chi connectivity index (χ4v) is 4.47. The maximum Gasteiger partial charge on any atom is 0.263 e. The first-order valence-electron chi connectivity index (χ1n) is 8.46. The second kappa shape index (κ2) is 7.37. The number of rotatable bonds is 5. The molecule has 8 heteroatoms. The summed E-state index contributed by atoms with van der Waals surface area (Å²) in [5.74, 6) is -0.471. The summed E-state index contributed by atoms with van der Waals surface area (Å²) >= 11 is 0. The largest absolute Gasteiger partial charge is 0.322 e. The molecule has 0 radical (unpaired) electrons. The number of carbonyl (C=O) groups excluding carboxylic acids is 1. The van der Waals surface area contributed by atoms with Crippen LogP contribution in [0.2, 0.25) is 0 Å². The van der Waals surface area contributed by atoms with Gasteiger partial charge in [0, 0.05) is 31.5 Å². The van der Waals surface area contributed by atoms with Crippen LogP contribution < -0.4 is 5.32 Å². The highest BCUT2D eigenvalue weighted by Gasteiger charge is 2.33. The summed E-state index contributed by atoms with van der Waals surface area (Å²) in [6.07, 6.45) is 4.18. The Hall–Kier alpha value is -2.19. The number of nitrogens with one attached hydrogen (secondary N) is 1. The molecule has 1 aliphatic rings. The molecule has 1 aromatic heterocycles. The summed E-state index contributed by atoms with van der Waals surface area (Å²) in [4.78, 5) is 12.6. The number of para-hydroxylation sites is 1. The second-order valence-electron chi connectivity index (χ2n) is 5.99. The monoisotopic (exact) mass is 362 g/mol. The normalized spacial score (nSPS) is 15.9. The zero-order valence-corrected chi connectivity index (χ0v) is 15.0. The molecule has 3 rings (SSSR count). The van der Waals surface area contributed by atoms with E-state index in [1.54, 1.807) is 24.3 Å². The van der Waals surface area contributed by atoms with Crippen LogP contribution in [-0.2, 0) is 16.6 Å². The molecule has 2 heterocycles. The van der Waals surface area contributed by atoms with Gasteiger partial charge in [0.2, 0.25) is 5.03 Å². The van der Waals surface area contributed by atoms with Crippen molar-refractivity contribution in [1.82, 2.24) is 14.1 Å². The molecule has 134 valence electrons. The number of benzene rings is 1. The van der Waals surface area contributed by atoms with Crippen LogP contribution in [-0.4, -0.2) is 41.5 Å². The molecule has 25 heavy (non-hydrogen) atoms. The van der Waals surface area contributed by atoms with Crippen LogP contribution >= 0.6 is 0 Å². The van der Waals surface area contributed by atoms with E-state index >= 15 is 0 Å². The molecule has 1 aromatic carbocycles. The van der Waals surface area contributed by atoms with E-state index in [9.17, 15) is 13.2 Å². The highest BCUT2D eigenvalue weighted by molar-refractivity contribution is 7.89. The van der Waals surface area contributed by atoms with Crippen molar-refractivity contribution in [3.05, 3.63) is 42.1 Å². The minimum atomic E-state index is -3.78. The first-order valence-corrected chi connectivity index (χ1v) is 9.90. The third kappa shape index (κ3) is 3.74. The summed E-state index contributed by atoms with van der Waals surface area (Å²) in [5.41, 5.74) is 0.689. The van der Waals surface area contributed by atoms with Crippen LogP contribution in [0, 0.1) is 0 Å². The van der Waals surface area contributed by atoms with Gasteiger partial charge in [-0.3, -0.25) is 9.48 Å². The van der Waals surface area contributed by atoms with Crippen molar-refractivity contribution in [1.29, 1.82) is 0 Å². The number of hydrogen-bond acceptors (Lipinski definition) is 4. The Morgan fingerprint density at radius 3 is 2.48 bits per heavy atom. The fourth-order valence-electron chi connectivity index (χ4n) is 2.86. The maximum atomic E-state index is 13.0. The number of aromatic nitrogens is 2. The Balaban J connectivity index is 1.94. The van der Waals surface area contributed by atoms with Gasteiger partial charge in [-0.1, -0.05) is 24.6 Å². The fraction of sp³-hybridized carbons (Fsp3) is 0.412. The van der Waals surface area contributed by atoms with Crippen molar-refractivity contribution < 1.29 is 13.2 Å². The zero-order chi connectivity index (χ0) is 17.9. The molecular weight excluding hydrogens is 340 g/mol. The number of aryl methyl sites for hydroxylation is 1. The van der Waals surface area contributed by atoms with E-state index < -0.39 is 15.9 Å². The van der Waals surface area contributed by atoms with Gasteiger partial charge >= 0.3 is 0 Å². The molecule has 7 nitrogen and oxygen atoms in total. The van der Waals surface area contributed by atoms with Gasteiger partial charge in [-0.25, -0.2) is 8.42 Å². The lowest BCUT2D eigenvalue weighted by molar-refractivity contribution is 0.102. The molecule has 1 N–H and O–H groups in total. The van der Waals surface area contributed by atoms with Crippen molar-refractivity contribution in [2.75, 3.05) is 18.4 Å². The molecule has 1 amide bonds. The predicted molar refractivity (Wildman–Crippen MR) is 94.9 cm³/mol. The minimum absolute atomic E-state index is 0.0799. The van der Waals surface area contributed by atoms with Crippen LogP contribution in [0.5, 0.6) is 0 Å². The van der Waals surface area contributed by atoms with E-state index in [0.29, 0.717) is 25.3 Å². The Bertz CT molecular complexity index is 840. The van der Waals surface area contributed by atoms with Gasteiger partial charge in [0.05, 0.1) is 5.56 Å². The van der Waals surface area contributed by atoms with E-state index in [0.717, 1.165) is 19.3 Å². The highest BCUT2D eigenvalue weighted by Crippen LogP contribution is 2.23. The Kier molecular flexibility index (Phi) is 5.19. The van der Waals surface area contributed by atoms with Gasteiger partial charge in [0.1, 0.15) is 0 Å². The molecule has 0 atom stereocenters. The van der Waals surface area contributed by atoms with Gasteiger partial charge in [0.15, 0.2) is 0 Å². The topological polar surface area (TPSA) is 84.3 Å². The van der Waals surface area contributed by atoms with E-state index in [-0.39, 0.29) is 10.6 Å². The third-order valence-corrected chi connectivity index (χ3v) is 6.06. The molecule has 0 spiro atoms. The van der Waals surface area contributed by atoms with Crippen LogP contribution in [0.25, 0.3) is 0 Å². The summed E-state index contributed by atoms with van der Waals surface area (Å²) in [7, 11) is -3.78. The highest BCUT2D eigenvalue weighted by atomic mass is 32.2. The van der Waals surface area contributed by atoms with E-state index in [4.69, 9.17) is 0 Å². The minimum Gasteiger partial charge on any atom is -0.322 e. The Morgan fingerprint density at radius 2 is 1.84 bits per heavy atom. The number of piperidine rings is 1. The Morgan fingerprint density at radius 1 is 1.16 bits per heavy atom. The van der Waals surface area contributed by atoms with Crippen molar-refractivity contribution >= 4 is 21.6 Å². The summed E-state index contributed by atoms with van der Waals surface area (Å²) in [6, 6.07) is 8.95. The average Bonchev–Trinajstić information content (AvgIpc) is 3.09. The number of carbonyl (C=O) groups is 1. The Labute approximate surface area is 147 Å². The lowest BCUT2D eigenvalue weighted by atomic mass is 10.2. The molecule has 0 unspecified atom stereocenters. The van der Waals surface area contributed by atoms with E-state index in [1.165, 1.54) is 15.2 Å². The standard InChI is InChI=1S/C17H22N4O3S/c1-2-20-13-15(16(22)18-14-9-5-3-6-10-14)17(19-20)25(23,24)21-11-7-4-8-12-21/h3,5-6,9-10,13H,2,4,7-8,11-12H2,1H3,(H,18,22). The van der Waals surface area contributed by atoms with Crippen molar-refractivity contribution in [2.24, 2.45) is 0 Å². The summed E-state index contributed by atoms with van der Waals surface area (Å²) < 4.78 is 28.8. The molecule has 0 saturated carbocycles. The molecule has 1 saturated heterocycles. The molecule has 0 bridgehead atoms. The molecule has 2 aromatic rings. The molecule has 1 fully saturated rings. The van der Waals surface area contributed by atoms with Crippen LogP contribution in [0.4, 0.5) is 5.69 Å². The number of sulfonamides is 1. The second-order valence-corrected chi connectivity index (χ2v) is 7.84. The average molecular weight is 362 g/mol. The van der Waals surface area contributed by atoms with Crippen molar-refractivity contribution in [3.8, 4) is 0 Å². The number of hydrogen-bond donors (Lipinski definition) is 1. The van der Waals surface area contributed by atoms with Crippen molar-refractivity contribution in [2.45, 2.75) is 37.8 Å². The quantitative estimate of drug-likeness (QED) is 0.885. The first kappa shape index (κ1) is 17.6. The van der Waals surface area contributed by atoms with E-state index in [2.05, 4.69) is 10.4 Å². The van der Waals surface area contributed by atoms with Gasteiger partial charge in [-0.2, -0.15) is 9.40 Å². The molecule has 0 aliphatic carbocycles. The predicted octanol–water partition coefficient (Wildman–Crippen LogP) is 2.33. The van der Waals surface area contributed by atoms with Gasteiger partial charge in [0.25, 0.3) is 15.9 Å². The smallest absolute Gasteiger partial charge is 0.263 e. The number of amides is 1. The zero-order valence-electron chi connectivity index (χ0n) is 14.2. The summed E-state index contributed by atoms with van der Waals surface area (Å²) in [5, 5.41) is 6.74.